The maximum absolute atomic E-state index is 14.2. The minimum absolute atomic E-state index is 0.150. The van der Waals surface area contributed by atoms with Crippen molar-refractivity contribution in [2.24, 2.45) is 0 Å². The molecule has 11 heteroatoms. The predicted molar refractivity (Wildman–Crippen MR) is 97.3 cm³/mol. The molecule has 0 amide bonds. The smallest absolute Gasteiger partial charge is 0.399 e. The average Bonchev–Trinajstić information content (AvgIpc) is 3.08. The van der Waals surface area contributed by atoms with E-state index < -0.39 is 35.1 Å². The summed E-state index contributed by atoms with van der Waals surface area (Å²) in [6.45, 7) is 1.54. The number of anilines is 1. The van der Waals surface area contributed by atoms with E-state index in [1.807, 2.05) is 0 Å². The van der Waals surface area contributed by atoms with E-state index in [0.29, 0.717) is 35.1 Å². The van der Waals surface area contributed by atoms with E-state index in [1.54, 1.807) is 25.1 Å². The Labute approximate surface area is 171 Å². The lowest BCUT2D eigenvalue weighted by Gasteiger charge is -2.19. The highest BCUT2D eigenvalue weighted by Gasteiger charge is 2.60. The monoisotopic (exact) mass is 449 g/mol. The van der Waals surface area contributed by atoms with Gasteiger partial charge in [0.15, 0.2) is 0 Å². The number of rotatable bonds is 4. The van der Waals surface area contributed by atoms with Crippen LogP contribution in [0, 0.1) is 6.92 Å². The molecule has 0 bridgehead atoms. The summed E-state index contributed by atoms with van der Waals surface area (Å²) in [4.78, 5) is 0. The van der Waals surface area contributed by atoms with Gasteiger partial charge in [-0.1, -0.05) is 24.3 Å². The Morgan fingerprint density at radius 2 is 1.52 bits per heavy atom. The molecule has 0 fully saturated rings. The zero-order chi connectivity index (χ0) is 23.2. The first-order chi connectivity index (χ1) is 14.2. The van der Waals surface area contributed by atoms with Gasteiger partial charge < -0.3 is 5.73 Å². The second-order valence-corrected chi connectivity index (χ2v) is 6.93. The maximum atomic E-state index is 14.2. The van der Waals surface area contributed by atoms with Crippen LogP contribution < -0.4 is 5.73 Å². The first-order valence-corrected chi connectivity index (χ1v) is 8.75. The summed E-state index contributed by atoms with van der Waals surface area (Å²) in [5, 5.41) is 3.82. The van der Waals surface area contributed by atoms with E-state index in [0.717, 1.165) is 16.8 Å². The molecule has 0 saturated carbocycles. The van der Waals surface area contributed by atoms with Crippen LogP contribution in [0.5, 0.6) is 0 Å². The highest BCUT2D eigenvalue weighted by molar-refractivity contribution is 5.64. The number of hydrogen-bond acceptors (Lipinski definition) is 2. The molecule has 0 radical (unpaired) electrons. The van der Waals surface area contributed by atoms with Crippen molar-refractivity contribution in [2.75, 3.05) is 5.73 Å². The summed E-state index contributed by atoms with van der Waals surface area (Å²) in [6, 6.07) is 7.52. The molecule has 0 unspecified atom stereocenters. The van der Waals surface area contributed by atoms with Gasteiger partial charge in [-0.05, 0) is 36.2 Å². The predicted octanol–water partition coefficient (Wildman–Crippen LogP) is 6.16. The van der Waals surface area contributed by atoms with Crippen molar-refractivity contribution in [3.63, 3.8) is 0 Å². The molecule has 3 rings (SSSR count). The van der Waals surface area contributed by atoms with Crippen LogP contribution in [-0.4, -0.2) is 16.0 Å². The quantitative estimate of drug-likeness (QED) is 0.383. The van der Waals surface area contributed by atoms with Gasteiger partial charge in [0.25, 0.3) is 0 Å². The van der Waals surface area contributed by atoms with Crippen LogP contribution >= 0.6 is 0 Å². The van der Waals surface area contributed by atoms with Crippen LogP contribution in [-0.2, 0) is 18.6 Å². The van der Waals surface area contributed by atoms with Gasteiger partial charge in [-0.25, -0.2) is 0 Å². The lowest BCUT2D eigenvalue weighted by molar-refractivity contribution is -0.289. The minimum Gasteiger partial charge on any atom is -0.399 e. The van der Waals surface area contributed by atoms with Gasteiger partial charge in [0.05, 0.1) is 17.7 Å². The fourth-order valence-electron chi connectivity index (χ4n) is 2.94. The number of halogens is 8. The van der Waals surface area contributed by atoms with Crippen molar-refractivity contribution < 1.29 is 35.1 Å². The maximum Gasteiger partial charge on any atom is 0.458 e. The molecule has 0 aliphatic heterocycles. The van der Waals surface area contributed by atoms with Crippen molar-refractivity contribution in [2.45, 2.75) is 31.7 Å². The Morgan fingerprint density at radius 1 is 0.903 bits per heavy atom. The standard InChI is InChI=1S/C20H15F8N3/c1-11-8-12(2-7-16(11)29)9-31-10-15(18(21,22)20(26,27)28)17(30-31)13-3-5-14(6-4-13)19(23,24)25/h2-8,10H,9,29H2,1H3. The lowest BCUT2D eigenvalue weighted by atomic mass is 10.0. The van der Waals surface area contributed by atoms with E-state index in [9.17, 15) is 35.1 Å². The van der Waals surface area contributed by atoms with Gasteiger partial charge in [0, 0.05) is 17.4 Å². The number of aromatic nitrogens is 2. The molecule has 1 aromatic heterocycles. The second-order valence-electron chi connectivity index (χ2n) is 6.93. The third kappa shape index (κ3) is 4.49. The van der Waals surface area contributed by atoms with E-state index in [4.69, 9.17) is 5.73 Å². The Morgan fingerprint density at radius 3 is 2.03 bits per heavy atom. The Kier molecular flexibility index (Phi) is 5.49. The van der Waals surface area contributed by atoms with E-state index in [-0.39, 0.29) is 12.1 Å². The van der Waals surface area contributed by atoms with Crippen molar-refractivity contribution in [1.29, 1.82) is 0 Å². The van der Waals surface area contributed by atoms with Crippen LogP contribution in [0.2, 0.25) is 0 Å². The fourth-order valence-corrected chi connectivity index (χ4v) is 2.94. The molecule has 0 aliphatic carbocycles. The Bertz CT molecular complexity index is 1080. The van der Waals surface area contributed by atoms with Crippen molar-refractivity contribution in [3.05, 3.63) is 70.9 Å². The summed E-state index contributed by atoms with van der Waals surface area (Å²) in [5.74, 6) is -5.26. The third-order valence-corrected chi connectivity index (χ3v) is 4.62. The fraction of sp³-hybridized carbons (Fsp3) is 0.250. The Balaban J connectivity index is 2.09. The molecule has 166 valence electrons. The molecule has 2 aromatic carbocycles. The zero-order valence-electron chi connectivity index (χ0n) is 15.8. The number of nitrogens with two attached hydrogens (primary N) is 1. The first kappa shape index (κ1) is 22.6. The molecule has 0 saturated heterocycles. The molecular formula is C20H15F8N3. The molecule has 31 heavy (non-hydrogen) atoms. The summed E-state index contributed by atoms with van der Waals surface area (Å²) in [7, 11) is 0. The zero-order valence-corrected chi connectivity index (χ0v) is 15.8. The van der Waals surface area contributed by atoms with E-state index >= 15 is 0 Å². The first-order valence-electron chi connectivity index (χ1n) is 8.75. The normalized spacial score (nSPS) is 12.9. The van der Waals surface area contributed by atoms with Gasteiger partial charge in [-0.3, -0.25) is 4.68 Å². The molecule has 3 nitrogen and oxygen atoms in total. The van der Waals surface area contributed by atoms with Crippen LogP contribution in [0.15, 0.2) is 48.7 Å². The minimum atomic E-state index is -5.92. The largest absolute Gasteiger partial charge is 0.458 e. The van der Waals surface area contributed by atoms with Gasteiger partial charge in [0.2, 0.25) is 0 Å². The van der Waals surface area contributed by atoms with Gasteiger partial charge >= 0.3 is 18.3 Å². The molecule has 0 spiro atoms. The Hall–Kier alpha value is -3.11. The SMILES string of the molecule is Cc1cc(Cn2cc(C(F)(F)C(F)(F)F)c(-c3ccc(C(F)(F)F)cc3)n2)ccc1N. The van der Waals surface area contributed by atoms with Crippen LogP contribution in [0.4, 0.5) is 40.8 Å². The van der Waals surface area contributed by atoms with Crippen LogP contribution in [0.25, 0.3) is 11.3 Å². The lowest BCUT2D eigenvalue weighted by Crippen LogP contribution is -2.33. The number of hydrogen-bond donors (Lipinski definition) is 1. The average molecular weight is 449 g/mol. The van der Waals surface area contributed by atoms with E-state index in [1.165, 1.54) is 0 Å². The molecule has 1 heterocycles. The number of nitrogen functional groups attached to an aromatic ring is 1. The molecule has 0 aliphatic rings. The highest BCUT2D eigenvalue weighted by Crippen LogP contribution is 2.47. The number of aryl methyl sites for hydroxylation is 1. The third-order valence-electron chi connectivity index (χ3n) is 4.62. The molecular weight excluding hydrogens is 434 g/mol. The number of nitrogens with zero attached hydrogens (tertiary/aromatic N) is 2. The second kappa shape index (κ2) is 7.54. The van der Waals surface area contributed by atoms with Gasteiger partial charge in [0.1, 0.15) is 5.69 Å². The van der Waals surface area contributed by atoms with E-state index in [2.05, 4.69) is 5.10 Å². The summed E-state index contributed by atoms with van der Waals surface area (Å²) >= 11 is 0. The van der Waals surface area contributed by atoms with Crippen molar-refractivity contribution in [1.82, 2.24) is 9.78 Å². The summed E-state index contributed by atoms with van der Waals surface area (Å²) in [5.41, 5.74) is 3.80. The summed E-state index contributed by atoms with van der Waals surface area (Å²) in [6.07, 6.45) is -10.1. The summed E-state index contributed by atoms with van der Waals surface area (Å²) < 4.78 is 107. The van der Waals surface area contributed by atoms with Crippen LogP contribution in [0.3, 0.4) is 0 Å². The topological polar surface area (TPSA) is 43.8 Å². The van der Waals surface area contributed by atoms with Gasteiger partial charge in [-0.15, -0.1) is 0 Å². The van der Waals surface area contributed by atoms with Crippen LogP contribution in [0.1, 0.15) is 22.3 Å². The van der Waals surface area contributed by atoms with Crippen molar-refractivity contribution >= 4 is 5.69 Å². The highest BCUT2D eigenvalue weighted by atomic mass is 19.4. The van der Waals surface area contributed by atoms with Crippen molar-refractivity contribution in [3.8, 4) is 11.3 Å². The number of benzene rings is 2. The van der Waals surface area contributed by atoms with Gasteiger partial charge in [-0.2, -0.15) is 40.2 Å². The molecule has 2 N–H and O–H groups in total. The molecule has 3 aromatic rings. The number of alkyl halides is 8. The molecule has 0 atom stereocenters.